The van der Waals surface area contributed by atoms with Gasteiger partial charge in [-0.15, -0.1) is 0 Å². The first-order chi connectivity index (χ1) is 14.2. The molecule has 0 saturated carbocycles. The van der Waals surface area contributed by atoms with Gasteiger partial charge < -0.3 is 24.3 Å². The molecule has 7 heteroatoms. The fourth-order valence-corrected chi connectivity index (χ4v) is 2.90. The molecule has 0 aliphatic heterocycles. The number of esters is 1. The number of hydrogen-bond acceptors (Lipinski definition) is 6. The molecule has 0 bridgehead atoms. The van der Waals surface area contributed by atoms with Crippen LogP contribution in [0.4, 0.5) is 4.79 Å². The second kappa shape index (κ2) is 10.0. The molecule has 1 amide bonds. The number of carbonyl (C=O) groups excluding carboxylic acids is 2. The van der Waals surface area contributed by atoms with E-state index in [0.29, 0.717) is 5.75 Å². The summed E-state index contributed by atoms with van der Waals surface area (Å²) in [6.07, 6.45) is -0.444. The minimum absolute atomic E-state index is 0.235. The van der Waals surface area contributed by atoms with Crippen LogP contribution < -0.4 is 14.8 Å². The fourth-order valence-electron chi connectivity index (χ4n) is 2.90. The largest absolute Gasteiger partial charge is 0.497 e. The van der Waals surface area contributed by atoms with Gasteiger partial charge in [0, 0.05) is 12.0 Å². The number of rotatable bonds is 7. The lowest BCUT2D eigenvalue weighted by molar-refractivity contribution is -0.143. The van der Waals surface area contributed by atoms with Crippen LogP contribution >= 0.6 is 0 Å². The summed E-state index contributed by atoms with van der Waals surface area (Å²) in [4.78, 5) is 24.4. The first-order valence-corrected chi connectivity index (χ1v) is 9.55. The molecule has 2 rings (SSSR count). The summed E-state index contributed by atoms with van der Waals surface area (Å²) < 4.78 is 20.8. The summed E-state index contributed by atoms with van der Waals surface area (Å²) in [5.74, 6) is 0.891. The molecule has 2 aromatic carbocycles. The zero-order valence-electron chi connectivity index (χ0n) is 18.3. The van der Waals surface area contributed by atoms with Crippen LogP contribution in [-0.2, 0) is 20.7 Å². The SMILES string of the molecule is COC(=O)[C@H](Cc1ccc(OC)c(-c2ccc(OC)cc2)c1)NC(=O)OC(C)(C)C. The number of methoxy groups -OCH3 is 3. The minimum atomic E-state index is -0.887. The van der Waals surface area contributed by atoms with Gasteiger partial charge in [-0.3, -0.25) is 0 Å². The van der Waals surface area contributed by atoms with Crippen LogP contribution in [0.1, 0.15) is 26.3 Å². The number of amides is 1. The van der Waals surface area contributed by atoms with Gasteiger partial charge in [-0.2, -0.15) is 0 Å². The Morgan fingerprint density at radius 3 is 2.17 bits per heavy atom. The third kappa shape index (κ3) is 6.40. The Balaban J connectivity index is 2.29. The highest BCUT2D eigenvalue weighted by atomic mass is 16.6. The third-order valence-corrected chi connectivity index (χ3v) is 4.28. The van der Waals surface area contributed by atoms with Crippen LogP contribution in [0, 0.1) is 0 Å². The summed E-state index contributed by atoms with van der Waals surface area (Å²) in [5.41, 5.74) is 1.95. The quantitative estimate of drug-likeness (QED) is 0.689. The highest BCUT2D eigenvalue weighted by molar-refractivity contribution is 5.82. The topological polar surface area (TPSA) is 83.1 Å². The average molecular weight is 415 g/mol. The van der Waals surface area contributed by atoms with Crippen molar-refractivity contribution in [2.45, 2.75) is 38.8 Å². The van der Waals surface area contributed by atoms with Gasteiger partial charge in [0.05, 0.1) is 21.3 Å². The molecule has 1 N–H and O–H groups in total. The lowest BCUT2D eigenvalue weighted by Crippen LogP contribution is -2.45. The smallest absolute Gasteiger partial charge is 0.408 e. The molecule has 0 radical (unpaired) electrons. The van der Waals surface area contributed by atoms with E-state index in [1.54, 1.807) is 35.0 Å². The van der Waals surface area contributed by atoms with Crippen LogP contribution in [-0.4, -0.2) is 45.0 Å². The van der Waals surface area contributed by atoms with Crippen molar-refractivity contribution in [3.8, 4) is 22.6 Å². The second-order valence-corrected chi connectivity index (χ2v) is 7.69. The van der Waals surface area contributed by atoms with Gasteiger partial charge in [-0.1, -0.05) is 18.2 Å². The summed E-state index contributed by atoms with van der Waals surface area (Å²) in [7, 11) is 4.49. The van der Waals surface area contributed by atoms with Crippen molar-refractivity contribution in [3.05, 3.63) is 48.0 Å². The van der Waals surface area contributed by atoms with Crippen LogP contribution in [0.15, 0.2) is 42.5 Å². The first-order valence-electron chi connectivity index (χ1n) is 9.55. The molecule has 0 saturated heterocycles. The predicted molar refractivity (Wildman–Crippen MR) is 114 cm³/mol. The predicted octanol–water partition coefficient (Wildman–Crippen LogP) is 3.98. The number of alkyl carbamates (subject to hydrolysis) is 1. The van der Waals surface area contributed by atoms with E-state index in [0.717, 1.165) is 22.4 Å². The van der Waals surface area contributed by atoms with Gasteiger partial charge >= 0.3 is 12.1 Å². The maximum Gasteiger partial charge on any atom is 0.408 e. The van der Waals surface area contributed by atoms with Crippen LogP contribution in [0.25, 0.3) is 11.1 Å². The lowest BCUT2D eigenvalue weighted by atomic mass is 9.98. The summed E-state index contributed by atoms with van der Waals surface area (Å²) in [6, 6.07) is 12.3. The van der Waals surface area contributed by atoms with Gasteiger partial charge in [0.1, 0.15) is 23.1 Å². The Morgan fingerprint density at radius 2 is 1.63 bits per heavy atom. The molecule has 0 spiro atoms. The van der Waals surface area contributed by atoms with Gasteiger partial charge in [-0.25, -0.2) is 9.59 Å². The van der Waals surface area contributed by atoms with E-state index in [9.17, 15) is 9.59 Å². The Bertz CT molecular complexity index is 870. The maximum absolute atomic E-state index is 12.2. The Hall–Kier alpha value is -3.22. The second-order valence-electron chi connectivity index (χ2n) is 7.69. The average Bonchev–Trinajstić information content (AvgIpc) is 2.71. The highest BCUT2D eigenvalue weighted by Crippen LogP contribution is 2.32. The van der Waals surface area contributed by atoms with E-state index in [-0.39, 0.29) is 6.42 Å². The minimum Gasteiger partial charge on any atom is -0.497 e. The molecule has 0 aromatic heterocycles. The van der Waals surface area contributed by atoms with Crippen molar-refractivity contribution in [1.29, 1.82) is 0 Å². The van der Waals surface area contributed by atoms with E-state index >= 15 is 0 Å². The van der Waals surface area contributed by atoms with Crippen molar-refractivity contribution in [2.24, 2.45) is 0 Å². The number of hydrogen-bond donors (Lipinski definition) is 1. The first kappa shape index (κ1) is 23.1. The molecule has 0 heterocycles. The molecule has 0 aliphatic rings. The monoisotopic (exact) mass is 415 g/mol. The van der Waals surface area contributed by atoms with Crippen molar-refractivity contribution in [1.82, 2.24) is 5.32 Å². The number of carbonyl (C=O) groups is 2. The van der Waals surface area contributed by atoms with Crippen molar-refractivity contribution in [3.63, 3.8) is 0 Å². The van der Waals surface area contributed by atoms with E-state index in [4.69, 9.17) is 18.9 Å². The maximum atomic E-state index is 12.2. The third-order valence-electron chi connectivity index (χ3n) is 4.28. The fraction of sp³-hybridized carbons (Fsp3) is 0.391. The molecule has 2 aromatic rings. The van der Waals surface area contributed by atoms with E-state index in [2.05, 4.69) is 5.32 Å². The highest BCUT2D eigenvalue weighted by Gasteiger charge is 2.25. The van der Waals surface area contributed by atoms with Gasteiger partial charge in [0.15, 0.2) is 0 Å². The molecular formula is C23H29NO6. The summed E-state index contributed by atoms with van der Waals surface area (Å²) >= 11 is 0. The molecular weight excluding hydrogens is 386 g/mol. The number of benzene rings is 2. The van der Waals surface area contributed by atoms with Crippen LogP contribution in [0.5, 0.6) is 11.5 Å². The van der Waals surface area contributed by atoms with Crippen LogP contribution in [0.2, 0.25) is 0 Å². The summed E-state index contributed by atoms with van der Waals surface area (Å²) in [5, 5.41) is 2.59. The zero-order chi connectivity index (χ0) is 22.3. The molecule has 7 nitrogen and oxygen atoms in total. The molecule has 0 aliphatic carbocycles. The molecule has 162 valence electrons. The van der Waals surface area contributed by atoms with Crippen molar-refractivity contribution < 1.29 is 28.5 Å². The van der Waals surface area contributed by atoms with E-state index < -0.39 is 23.7 Å². The molecule has 30 heavy (non-hydrogen) atoms. The Kier molecular flexibility index (Phi) is 7.69. The molecule has 0 fully saturated rings. The molecule has 0 unspecified atom stereocenters. The number of nitrogens with one attached hydrogen (secondary N) is 1. The van der Waals surface area contributed by atoms with E-state index in [1.165, 1.54) is 7.11 Å². The van der Waals surface area contributed by atoms with Gasteiger partial charge in [0.2, 0.25) is 0 Å². The van der Waals surface area contributed by atoms with Gasteiger partial charge in [-0.05, 0) is 56.2 Å². The van der Waals surface area contributed by atoms with E-state index in [1.807, 2.05) is 42.5 Å². The van der Waals surface area contributed by atoms with Gasteiger partial charge in [0.25, 0.3) is 0 Å². The molecule has 1 atom stereocenters. The standard InChI is InChI=1S/C23H29NO6/c1-23(2,3)30-22(26)24-19(21(25)29-6)14-15-7-12-20(28-5)18(13-15)16-8-10-17(27-4)11-9-16/h7-13,19H,14H2,1-6H3,(H,24,26)/t19-/m0/s1. The Morgan fingerprint density at radius 1 is 0.967 bits per heavy atom. The number of ether oxygens (including phenoxy) is 4. The lowest BCUT2D eigenvalue weighted by Gasteiger charge is -2.23. The Labute approximate surface area is 177 Å². The zero-order valence-corrected chi connectivity index (χ0v) is 18.3. The normalized spacial score (nSPS) is 11.9. The van der Waals surface area contributed by atoms with Crippen molar-refractivity contribution in [2.75, 3.05) is 21.3 Å². The van der Waals surface area contributed by atoms with Crippen LogP contribution in [0.3, 0.4) is 0 Å². The van der Waals surface area contributed by atoms with Crippen molar-refractivity contribution >= 4 is 12.1 Å². The summed E-state index contributed by atoms with van der Waals surface area (Å²) in [6.45, 7) is 5.26.